The molecule has 0 radical (unpaired) electrons. The van der Waals surface area contributed by atoms with E-state index in [4.69, 9.17) is 58.0 Å². The third-order valence-corrected chi connectivity index (χ3v) is 4.99. The Morgan fingerprint density at radius 2 is 1.32 bits per heavy atom. The zero-order valence-corrected chi connectivity index (χ0v) is 13.9. The van der Waals surface area contributed by atoms with Gasteiger partial charge in [-0.15, -0.1) is 0 Å². The molecule has 0 amide bonds. The van der Waals surface area contributed by atoms with E-state index in [1.165, 1.54) is 0 Å². The second kappa shape index (κ2) is 6.13. The van der Waals surface area contributed by atoms with Crippen LogP contribution in [0.15, 0.2) is 17.1 Å². The first-order chi connectivity index (χ1) is 10.1. The monoisotopic (exact) mass is 409 g/mol. The molecular weight excluding hydrogens is 408 g/mol. The first-order valence-corrected chi connectivity index (χ1v) is 7.26. The van der Waals surface area contributed by atoms with Gasteiger partial charge in [-0.2, -0.15) is 13.2 Å². The first-order valence-electron chi connectivity index (χ1n) is 5.37. The average Bonchev–Trinajstić information content (AvgIpc) is 2.44. The number of rotatable bonds is 1. The zero-order chi connectivity index (χ0) is 16.8. The summed E-state index contributed by atoms with van der Waals surface area (Å²) in [5.41, 5.74) is -2.58. The quantitative estimate of drug-likeness (QED) is 0.432. The number of alkyl halides is 3. The van der Waals surface area contributed by atoms with Crippen LogP contribution in [0.1, 0.15) is 5.56 Å². The van der Waals surface area contributed by atoms with Crippen LogP contribution in [0.2, 0.25) is 25.1 Å². The molecule has 22 heavy (non-hydrogen) atoms. The van der Waals surface area contributed by atoms with Gasteiger partial charge in [-0.3, -0.25) is 4.79 Å². The molecule has 10 heteroatoms. The summed E-state index contributed by atoms with van der Waals surface area (Å²) in [5, 5.41) is -1.14. The van der Waals surface area contributed by atoms with Gasteiger partial charge in [0.2, 0.25) is 0 Å². The number of halogens is 8. The first kappa shape index (κ1) is 17.8. The zero-order valence-electron chi connectivity index (χ0n) is 10.1. The molecule has 1 aromatic heterocycles. The van der Waals surface area contributed by atoms with Gasteiger partial charge in [-0.1, -0.05) is 58.0 Å². The Bertz CT molecular complexity index is 787. The number of hydrogen-bond acceptors (Lipinski definition) is 1. The number of aromatic nitrogens is 1. The number of benzene rings is 1. The van der Waals surface area contributed by atoms with Gasteiger partial charge in [0.05, 0.1) is 36.2 Å². The molecule has 0 saturated carbocycles. The van der Waals surface area contributed by atoms with Crippen LogP contribution in [0.3, 0.4) is 0 Å². The Labute approximate surface area is 146 Å². The molecular formula is C12H3Cl5F3NO. The fourth-order valence-electron chi connectivity index (χ4n) is 1.67. The topological polar surface area (TPSA) is 32.9 Å². The Morgan fingerprint density at radius 3 is 1.77 bits per heavy atom. The van der Waals surface area contributed by atoms with E-state index in [9.17, 15) is 18.0 Å². The fourth-order valence-corrected chi connectivity index (χ4v) is 3.02. The van der Waals surface area contributed by atoms with E-state index in [1.807, 2.05) is 4.98 Å². The van der Waals surface area contributed by atoms with E-state index in [0.717, 1.165) is 0 Å². The number of aromatic amines is 1. The van der Waals surface area contributed by atoms with Crippen molar-refractivity contribution in [3.63, 3.8) is 0 Å². The lowest BCUT2D eigenvalue weighted by atomic mass is 10.1. The Morgan fingerprint density at radius 1 is 0.864 bits per heavy atom. The van der Waals surface area contributed by atoms with Crippen LogP contribution in [-0.4, -0.2) is 4.98 Å². The van der Waals surface area contributed by atoms with E-state index in [0.29, 0.717) is 12.3 Å². The third kappa shape index (κ3) is 3.05. The van der Waals surface area contributed by atoms with Gasteiger partial charge >= 0.3 is 6.18 Å². The number of pyridine rings is 1. The predicted octanol–water partition coefficient (Wildman–Crippen LogP) is 6.33. The Hall–Kier alpha value is -0.590. The van der Waals surface area contributed by atoms with Gasteiger partial charge < -0.3 is 4.98 Å². The summed E-state index contributed by atoms with van der Waals surface area (Å²) >= 11 is 29.4. The molecule has 0 aliphatic carbocycles. The highest BCUT2D eigenvalue weighted by Crippen LogP contribution is 2.47. The molecule has 0 saturated heterocycles. The van der Waals surface area contributed by atoms with Crippen molar-refractivity contribution in [2.75, 3.05) is 0 Å². The van der Waals surface area contributed by atoms with Crippen molar-refractivity contribution < 1.29 is 13.2 Å². The van der Waals surface area contributed by atoms with Crippen LogP contribution in [0.5, 0.6) is 0 Å². The van der Waals surface area contributed by atoms with Crippen molar-refractivity contribution in [2.24, 2.45) is 0 Å². The lowest BCUT2D eigenvalue weighted by Gasteiger charge is -2.13. The molecule has 0 spiro atoms. The molecule has 0 fully saturated rings. The molecule has 118 valence electrons. The summed E-state index contributed by atoms with van der Waals surface area (Å²) in [6.07, 6.45) is -4.13. The van der Waals surface area contributed by atoms with Gasteiger partial charge in [0.1, 0.15) is 0 Å². The van der Waals surface area contributed by atoms with E-state index in [1.54, 1.807) is 0 Å². The second-order valence-corrected chi connectivity index (χ2v) is 5.96. The average molecular weight is 411 g/mol. The van der Waals surface area contributed by atoms with Crippen LogP contribution in [0.25, 0.3) is 11.1 Å². The second-order valence-electron chi connectivity index (χ2n) is 4.07. The number of nitrogens with one attached hydrogen (secondary N) is 1. The highest BCUT2D eigenvalue weighted by molar-refractivity contribution is 6.56. The van der Waals surface area contributed by atoms with Gasteiger partial charge in [0.25, 0.3) is 5.56 Å². The van der Waals surface area contributed by atoms with E-state index < -0.39 is 22.9 Å². The van der Waals surface area contributed by atoms with Crippen molar-refractivity contribution in [3.05, 3.63) is 53.3 Å². The Kier molecular flexibility index (Phi) is 4.95. The molecule has 0 aliphatic rings. The van der Waals surface area contributed by atoms with Crippen molar-refractivity contribution >= 4 is 58.0 Å². The molecule has 1 heterocycles. The normalized spacial score (nSPS) is 11.8. The maximum Gasteiger partial charge on any atom is 0.417 e. The van der Waals surface area contributed by atoms with Crippen molar-refractivity contribution in [3.8, 4) is 11.1 Å². The van der Waals surface area contributed by atoms with Crippen LogP contribution in [-0.2, 0) is 6.18 Å². The molecule has 2 aromatic rings. The van der Waals surface area contributed by atoms with E-state index in [2.05, 4.69) is 0 Å². The van der Waals surface area contributed by atoms with Crippen LogP contribution in [0, 0.1) is 0 Å². The van der Waals surface area contributed by atoms with Gasteiger partial charge in [-0.05, 0) is 6.07 Å². The van der Waals surface area contributed by atoms with Crippen molar-refractivity contribution in [2.45, 2.75) is 6.18 Å². The molecule has 0 bridgehead atoms. The van der Waals surface area contributed by atoms with Crippen molar-refractivity contribution in [1.29, 1.82) is 0 Å². The minimum absolute atomic E-state index is 0.162. The SMILES string of the molecule is O=c1[nH]cc(C(F)(F)F)cc1-c1c(Cl)c(Cl)c(Cl)c(Cl)c1Cl. The lowest BCUT2D eigenvalue weighted by Crippen LogP contribution is -2.14. The maximum atomic E-state index is 12.8. The summed E-state index contributed by atoms with van der Waals surface area (Å²) in [6, 6.07) is 0.604. The van der Waals surface area contributed by atoms with Gasteiger partial charge in [0, 0.05) is 11.8 Å². The molecule has 0 unspecified atom stereocenters. The van der Waals surface area contributed by atoms with Crippen LogP contribution < -0.4 is 5.56 Å². The summed E-state index contributed by atoms with van der Waals surface area (Å²) in [5.74, 6) is 0. The standard InChI is InChI=1S/C12H3Cl5F3NO/c13-6-5(7(14)9(16)10(17)8(6)15)4-1-3(12(18,19)20)2-21-11(4)22/h1-2H,(H,21,22). The van der Waals surface area contributed by atoms with E-state index >= 15 is 0 Å². The van der Waals surface area contributed by atoms with Gasteiger partial charge in [-0.25, -0.2) is 0 Å². The molecule has 1 N–H and O–H groups in total. The third-order valence-electron chi connectivity index (χ3n) is 2.71. The number of H-pyrrole nitrogens is 1. The number of hydrogen-bond donors (Lipinski definition) is 1. The highest BCUT2D eigenvalue weighted by Gasteiger charge is 2.32. The van der Waals surface area contributed by atoms with Gasteiger partial charge in [0.15, 0.2) is 0 Å². The highest BCUT2D eigenvalue weighted by atomic mass is 35.5. The Balaban J connectivity index is 2.86. The molecule has 2 rings (SSSR count). The summed E-state index contributed by atoms with van der Waals surface area (Å²) in [7, 11) is 0. The summed E-state index contributed by atoms with van der Waals surface area (Å²) in [4.78, 5) is 13.8. The molecule has 0 atom stereocenters. The summed E-state index contributed by atoms with van der Waals surface area (Å²) < 4.78 is 38.3. The largest absolute Gasteiger partial charge is 0.417 e. The smallest absolute Gasteiger partial charge is 0.328 e. The molecule has 2 nitrogen and oxygen atoms in total. The lowest BCUT2D eigenvalue weighted by molar-refractivity contribution is -0.137. The minimum atomic E-state index is -4.67. The molecule has 1 aromatic carbocycles. The minimum Gasteiger partial charge on any atom is -0.328 e. The predicted molar refractivity (Wildman–Crippen MR) is 82.6 cm³/mol. The molecule has 0 aliphatic heterocycles. The van der Waals surface area contributed by atoms with Crippen LogP contribution >= 0.6 is 58.0 Å². The van der Waals surface area contributed by atoms with Crippen molar-refractivity contribution in [1.82, 2.24) is 4.98 Å². The van der Waals surface area contributed by atoms with E-state index in [-0.39, 0.29) is 30.7 Å². The van der Waals surface area contributed by atoms with Crippen LogP contribution in [0.4, 0.5) is 13.2 Å². The maximum absolute atomic E-state index is 12.8. The fraction of sp³-hybridized carbons (Fsp3) is 0.0833. The summed E-state index contributed by atoms with van der Waals surface area (Å²) in [6.45, 7) is 0.